The highest BCUT2D eigenvalue weighted by Crippen LogP contribution is 2.32. The van der Waals surface area contributed by atoms with Gasteiger partial charge in [-0.2, -0.15) is 4.31 Å². The number of benzene rings is 2. The van der Waals surface area contributed by atoms with Gasteiger partial charge in [0.15, 0.2) is 5.13 Å². The molecule has 1 aliphatic heterocycles. The van der Waals surface area contributed by atoms with Crippen molar-refractivity contribution in [1.82, 2.24) is 9.29 Å². The summed E-state index contributed by atoms with van der Waals surface area (Å²) in [4.78, 5) is 16.5. The number of nitrogens with one attached hydrogen (secondary N) is 1. The van der Waals surface area contributed by atoms with Gasteiger partial charge in [-0.3, -0.25) is 4.79 Å². The second-order valence-electron chi connectivity index (χ2n) is 6.85. The van der Waals surface area contributed by atoms with Crippen LogP contribution in [0.1, 0.15) is 12.8 Å². The van der Waals surface area contributed by atoms with Crippen molar-refractivity contribution in [2.45, 2.75) is 17.7 Å². The number of carbonyl (C=O) groups excluding carboxylic acids is 1. The fourth-order valence-corrected chi connectivity index (χ4v) is 6.35. The zero-order valence-electron chi connectivity index (χ0n) is 15.4. The standard InChI is InChI=1S/C19H16BrF2N3O3S2/c20-13-2-1-3-15-17(13)23-19(29-15)24-18(26)11-6-8-25(9-7-11)30(27,28)16-5-4-12(21)10-14(16)22/h1-5,10-11H,6-9H2,(H,23,24,26). The molecule has 1 aliphatic rings. The van der Waals surface area contributed by atoms with E-state index in [0.717, 1.165) is 31.1 Å². The van der Waals surface area contributed by atoms with Gasteiger partial charge in [-0.1, -0.05) is 17.4 Å². The molecule has 0 bridgehead atoms. The summed E-state index contributed by atoms with van der Waals surface area (Å²) in [5.41, 5.74) is 0.764. The van der Waals surface area contributed by atoms with Gasteiger partial charge in [0.2, 0.25) is 15.9 Å². The fraction of sp³-hybridized carbons (Fsp3) is 0.263. The van der Waals surface area contributed by atoms with Crippen LogP contribution in [-0.2, 0) is 14.8 Å². The zero-order valence-corrected chi connectivity index (χ0v) is 18.7. The second kappa shape index (κ2) is 8.29. The fourth-order valence-electron chi connectivity index (χ4n) is 3.36. The molecule has 2 aromatic carbocycles. The van der Waals surface area contributed by atoms with Crippen LogP contribution in [0.25, 0.3) is 10.2 Å². The summed E-state index contributed by atoms with van der Waals surface area (Å²) in [5, 5.41) is 3.28. The van der Waals surface area contributed by atoms with Crippen molar-refractivity contribution in [1.29, 1.82) is 0 Å². The van der Waals surface area contributed by atoms with Crippen LogP contribution in [0.5, 0.6) is 0 Å². The van der Waals surface area contributed by atoms with Crippen LogP contribution in [0.3, 0.4) is 0 Å². The molecule has 6 nitrogen and oxygen atoms in total. The van der Waals surface area contributed by atoms with Gasteiger partial charge in [-0.15, -0.1) is 0 Å². The number of thiazole rings is 1. The van der Waals surface area contributed by atoms with Gasteiger partial charge >= 0.3 is 0 Å². The number of hydrogen-bond acceptors (Lipinski definition) is 5. The van der Waals surface area contributed by atoms with Gasteiger partial charge in [-0.25, -0.2) is 22.2 Å². The number of anilines is 1. The van der Waals surface area contributed by atoms with E-state index < -0.39 is 26.6 Å². The molecule has 1 amide bonds. The van der Waals surface area contributed by atoms with Gasteiger partial charge in [-0.05, 0) is 53.0 Å². The van der Waals surface area contributed by atoms with E-state index in [1.807, 2.05) is 18.2 Å². The lowest BCUT2D eigenvalue weighted by atomic mass is 9.97. The molecule has 4 rings (SSSR count). The van der Waals surface area contributed by atoms with E-state index in [1.54, 1.807) is 0 Å². The lowest BCUT2D eigenvalue weighted by Gasteiger charge is -2.30. The molecule has 0 aliphatic carbocycles. The van der Waals surface area contributed by atoms with Crippen LogP contribution in [0.2, 0.25) is 0 Å². The van der Waals surface area contributed by atoms with Crippen LogP contribution in [0.15, 0.2) is 45.8 Å². The lowest BCUT2D eigenvalue weighted by molar-refractivity contribution is -0.120. The average Bonchev–Trinajstić information content (AvgIpc) is 3.11. The number of fused-ring (bicyclic) bond motifs is 1. The Labute approximate surface area is 184 Å². The highest BCUT2D eigenvalue weighted by Gasteiger charge is 2.34. The van der Waals surface area contributed by atoms with E-state index in [1.165, 1.54) is 11.3 Å². The molecule has 1 aromatic heterocycles. The van der Waals surface area contributed by atoms with Crippen molar-refractivity contribution in [3.8, 4) is 0 Å². The molecule has 0 radical (unpaired) electrons. The number of aromatic nitrogens is 1. The maximum Gasteiger partial charge on any atom is 0.245 e. The average molecular weight is 516 g/mol. The topological polar surface area (TPSA) is 79.4 Å². The lowest BCUT2D eigenvalue weighted by Crippen LogP contribution is -2.41. The van der Waals surface area contributed by atoms with Gasteiger partial charge in [0.25, 0.3) is 0 Å². The number of amides is 1. The summed E-state index contributed by atoms with van der Waals surface area (Å²) in [7, 11) is -4.10. The molecule has 1 saturated heterocycles. The molecule has 11 heteroatoms. The zero-order chi connectivity index (χ0) is 21.5. The van der Waals surface area contributed by atoms with Crippen molar-refractivity contribution < 1.29 is 22.0 Å². The Morgan fingerprint density at radius 1 is 1.20 bits per heavy atom. The summed E-state index contributed by atoms with van der Waals surface area (Å²) >= 11 is 4.78. The molecule has 1 fully saturated rings. The Morgan fingerprint density at radius 2 is 1.93 bits per heavy atom. The van der Waals surface area contributed by atoms with Crippen LogP contribution in [0, 0.1) is 17.6 Å². The first-order valence-corrected chi connectivity index (χ1v) is 12.1. The number of halogens is 3. The summed E-state index contributed by atoms with van der Waals surface area (Å²) in [5.74, 6) is -2.58. The number of para-hydroxylation sites is 1. The Kier molecular flexibility index (Phi) is 5.88. The van der Waals surface area contributed by atoms with Crippen molar-refractivity contribution >= 4 is 58.5 Å². The number of hydrogen-bond donors (Lipinski definition) is 1. The first kappa shape index (κ1) is 21.3. The quantitative estimate of drug-likeness (QED) is 0.559. The second-order valence-corrected chi connectivity index (χ2v) is 10.6. The minimum absolute atomic E-state index is 0.0721. The molecule has 30 heavy (non-hydrogen) atoms. The predicted octanol–water partition coefficient (Wildman–Crippen LogP) is 4.38. The predicted molar refractivity (Wildman–Crippen MR) is 114 cm³/mol. The van der Waals surface area contributed by atoms with E-state index >= 15 is 0 Å². The van der Waals surface area contributed by atoms with Crippen molar-refractivity contribution in [2.75, 3.05) is 18.4 Å². The largest absolute Gasteiger partial charge is 0.302 e. The smallest absolute Gasteiger partial charge is 0.245 e. The molecule has 0 atom stereocenters. The monoisotopic (exact) mass is 515 g/mol. The molecule has 3 aromatic rings. The Hall–Kier alpha value is -1.95. The number of carbonyl (C=O) groups is 1. The van der Waals surface area contributed by atoms with Crippen LogP contribution in [-0.4, -0.2) is 36.7 Å². The first-order chi connectivity index (χ1) is 14.3. The molecule has 158 valence electrons. The van der Waals surface area contributed by atoms with Crippen molar-refractivity contribution in [3.05, 3.63) is 52.5 Å². The molecule has 0 saturated carbocycles. The molecule has 1 N–H and O–H groups in total. The van der Waals surface area contributed by atoms with Gasteiger partial charge in [0, 0.05) is 29.5 Å². The molecular weight excluding hydrogens is 500 g/mol. The highest BCUT2D eigenvalue weighted by molar-refractivity contribution is 9.10. The third kappa shape index (κ3) is 4.11. The molecule has 2 heterocycles. The van der Waals surface area contributed by atoms with Crippen LogP contribution < -0.4 is 5.32 Å². The van der Waals surface area contributed by atoms with E-state index in [9.17, 15) is 22.0 Å². The third-order valence-electron chi connectivity index (χ3n) is 4.94. The highest BCUT2D eigenvalue weighted by atomic mass is 79.9. The molecular formula is C19H16BrF2N3O3S2. The number of nitrogens with zero attached hydrogens (tertiary/aromatic N) is 2. The van der Waals surface area contributed by atoms with Crippen molar-refractivity contribution in [2.24, 2.45) is 5.92 Å². The number of rotatable bonds is 4. The van der Waals surface area contributed by atoms with Crippen molar-refractivity contribution in [3.63, 3.8) is 0 Å². The minimum atomic E-state index is -4.10. The summed E-state index contributed by atoms with van der Waals surface area (Å²) in [6.07, 6.45) is 0.588. The normalized spacial score (nSPS) is 16.1. The van der Waals surface area contributed by atoms with Gasteiger partial charge in [0.05, 0.1) is 10.2 Å². The summed E-state index contributed by atoms with van der Waals surface area (Å²) in [6.45, 7) is 0.144. The van der Waals surface area contributed by atoms with Gasteiger partial charge in [0.1, 0.15) is 16.5 Å². The first-order valence-electron chi connectivity index (χ1n) is 9.07. The number of piperidine rings is 1. The van der Waals surface area contributed by atoms with E-state index in [4.69, 9.17) is 0 Å². The molecule has 0 spiro atoms. The van der Waals surface area contributed by atoms with E-state index in [2.05, 4.69) is 26.2 Å². The number of sulfonamides is 1. The Morgan fingerprint density at radius 3 is 2.60 bits per heavy atom. The summed E-state index contributed by atoms with van der Waals surface area (Å²) in [6, 6.07) is 8.04. The van der Waals surface area contributed by atoms with Crippen LogP contribution >= 0.6 is 27.3 Å². The summed E-state index contributed by atoms with van der Waals surface area (Å²) < 4.78 is 55.3. The Balaban J connectivity index is 1.42. The van der Waals surface area contributed by atoms with Crippen LogP contribution in [0.4, 0.5) is 13.9 Å². The van der Waals surface area contributed by atoms with E-state index in [0.29, 0.717) is 24.0 Å². The molecule has 0 unspecified atom stereocenters. The SMILES string of the molecule is O=C(Nc1nc2c(Br)cccc2s1)C1CCN(S(=O)(=O)c2ccc(F)cc2F)CC1. The van der Waals surface area contributed by atoms with Gasteiger partial charge < -0.3 is 5.32 Å². The van der Waals surface area contributed by atoms with E-state index in [-0.39, 0.29) is 24.9 Å². The Bertz CT molecular complexity index is 1220. The maximum absolute atomic E-state index is 13.9. The third-order valence-corrected chi connectivity index (χ3v) is 8.44. The maximum atomic E-state index is 13.9. The minimum Gasteiger partial charge on any atom is -0.302 e.